The fraction of sp³-hybridized carbons (Fsp3) is 0.786. The van der Waals surface area contributed by atoms with E-state index in [0.29, 0.717) is 5.92 Å². The van der Waals surface area contributed by atoms with Crippen LogP contribution >= 0.6 is 0 Å². The zero-order valence-electron chi connectivity index (χ0n) is 12.8. The van der Waals surface area contributed by atoms with Gasteiger partial charge in [-0.15, -0.1) is 10.2 Å². The van der Waals surface area contributed by atoms with E-state index in [1.165, 1.54) is 0 Å². The van der Waals surface area contributed by atoms with Gasteiger partial charge in [0, 0.05) is 32.6 Å². The minimum atomic E-state index is 0.578. The molecule has 2 heterocycles. The van der Waals surface area contributed by atoms with Crippen LogP contribution in [-0.2, 0) is 13.0 Å². The summed E-state index contributed by atoms with van der Waals surface area (Å²) in [4.78, 5) is 4.70. The van der Waals surface area contributed by atoms with Gasteiger partial charge >= 0.3 is 0 Å². The van der Waals surface area contributed by atoms with Crippen LogP contribution in [0.1, 0.15) is 38.3 Å². The monoisotopic (exact) mass is 278 g/mol. The molecule has 0 saturated heterocycles. The predicted octanol–water partition coefficient (Wildman–Crippen LogP) is 1.11. The molecule has 0 saturated carbocycles. The maximum Gasteiger partial charge on any atom is 0.191 e. The molecule has 1 unspecified atom stereocenters. The van der Waals surface area contributed by atoms with Gasteiger partial charge in [0.1, 0.15) is 11.6 Å². The molecule has 2 N–H and O–H groups in total. The minimum Gasteiger partial charge on any atom is -0.357 e. The summed E-state index contributed by atoms with van der Waals surface area (Å²) in [5.74, 6) is 3.65. The van der Waals surface area contributed by atoms with Crippen molar-refractivity contribution in [2.75, 3.05) is 19.6 Å². The normalized spacial score (nSPS) is 18.8. The van der Waals surface area contributed by atoms with Crippen LogP contribution in [0.15, 0.2) is 4.99 Å². The van der Waals surface area contributed by atoms with Crippen molar-refractivity contribution >= 4 is 5.96 Å². The summed E-state index contributed by atoms with van der Waals surface area (Å²) < 4.78 is 2.23. The highest BCUT2D eigenvalue weighted by atomic mass is 15.3. The summed E-state index contributed by atoms with van der Waals surface area (Å²) in [5.41, 5.74) is 0. The summed E-state index contributed by atoms with van der Waals surface area (Å²) in [6.45, 7) is 9.99. The molecule has 6 nitrogen and oxygen atoms in total. The van der Waals surface area contributed by atoms with Gasteiger partial charge in [0.15, 0.2) is 5.96 Å². The van der Waals surface area contributed by atoms with Crippen molar-refractivity contribution in [3.8, 4) is 0 Å². The fourth-order valence-corrected chi connectivity index (χ4v) is 2.48. The van der Waals surface area contributed by atoms with Gasteiger partial charge in [-0.2, -0.15) is 0 Å². The van der Waals surface area contributed by atoms with Crippen LogP contribution in [0.5, 0.6) is 0 Å². The van der Waals surface area contributed by atoms with Gasteiger partial charge in [0.2, 0.25) is 0 Å². The second-order valence-corrected chi connectivity index (χ2v) is 5.33. The number of guanidine groups is 1. The van der Waals surface area contributed by atoms with Crippen molar-refractivity contribution in [2.24, 2.45) is 10.9 Å². The maximum atomic E-state index is 4.70. The van der Waals surface area contributed by atoms with Crippen LogP contribution in [0.4, 0.5) is 0 Å². The summed E-state index contributed by atoms with van der Waals surface area (Å²) >= 11 is 0. The Kier molecular flexibility index (Phi) is 5.38. The Labute approximate surface area is 121 Å². The fourth-order valence-electron chi connectivity index (χ4n) is 2.48. The number of nitrogens with one attached hydrogen (secondary N) is 2. The van der Waals surface area contributed by atoms with Gasteiger partial charge < -0.3 is 15.2 Å². The number of aliphatic imine (C=N–C) groups is 1. The summed E-state index contributed by atoms with van der Waals surface area (Å²) in [7, 11) is 0. The molecule has 0 spiro atoms. The Morgan fingerprint density at radius 2 is 2.20 bits per heavy atom. The van der Waals surface area contributed by atoms with E-state index < -0.39 is 0 Å². The van der Waals surface area contributed by atoms with E-state index in [2.05, 4.69) is 39.2 Å². The molecular formula is C14H26N6. The number of aryl methyl sites for hydroxylation is 2. The van der Waals surface area contributed by atoms with Crippen molar-refractivity contribution in [3.05, 3.63) is 11.6 Å². The van der Waals surface area contributed by atoms with Crippen LogP contribution in [0.25, 0.3) is 0 Å². The van der Waals surface area contributed by atoms with Gasteiger partial charge in [0.25, 0.3) is 0 Å². The van der Waals surface area contributed by atoms with Gasteiger partial charge in [-0.05, 0) is 32.6 Å². The van der Waals surface area contributed by atoms with Gasteiger partial charge in [0.05, 0.1) is 0 Å². The molecule has 1 atom stereocenters. The molecular weight excluding hydrogens is 252 g/mol. The average molecular weight is 278 g/mol. The number of rotatable bonds is 5. The Morgan fingerprint density at radius 3 is 2.95 bits per heavy atom. The third kappa shape index (κ3) is 3.71. The maximum absolute atomic E-state index is 4.70. The zero-order valence-corrected chi connectivity index (χ0v) is 12.8. The van der Waals surface area contributed by atoms with Crippen LogP contribution in [0.3, 0.4) is 0 Å². The van der Waals surface area contributed by atoms with Crippen molar-refractivity contribution in [1.29, 1.82) is 0 Å². The lowest BCUT2D eigenvalue weighted by atomic mass is 9.99. The topological polar surface area (TPSA) is 67.1 Å². The van der Waals surface area contributed by atoms with Crippen LogP contribution in [-0.4, -0.2) is 40.4 Å². The van der Waals surface area contributed by atoms with Gasteiger partial charge in [-0.3, -0.25) is 4.99 Å². The van der Waals surface area contributed by atoms with Crippen LogP contribution in [0.2, 0.25) is 0 Å². The van der Waals surface area contributed by atoms with E-state index in [-0.39, 0.29) is 0 Å². The second-order valence-electron chi connectivity index (χ2n) is 5.33. The Hall–Kier alpha value is -1.59. The van der Waals surface area contributed by atoms with E-state index >= 15 is 0 Å². The largest absolute Gasteiger partial charge is 0.357 e. The molecule has 0 aliphatic carbocycles. The molecule has 1 aliphatic heterocycles. The third-order valence-corrected chi connectivity index (χ3v) is 3.62. The van der Waals surface area contributed by atoms with Crippen molar-refractivity contribution in [3.63, 3.8) is 0 Å². The molecule has 2 rings (SSSR count). The third-order valence-electron chi connectivity index (χ3n) is 3.62. The highest BCUT2D eigenvalue weighted by Crippen LogP contribution is 2.19. The first-order valence-corrected chi connectivity index (χ1v) is 7.65. The minimum absolute atomic E-state index is 0.578. The van der Waals surface area contributed by atoms with E-state index in [1.54, 1.807) is 0 Å². The Morgan fingerprint density at radius 1 is 1.35 bits per heavy atom. The van der Waals surface area contributed by atoms with E-state index in [4.69, 9.17) is 4.99 Å². The summed E-state index contributed by atoms with van der Waals surface area (Å²) in [5, 5.41) is 15.0. The smallest absolute Gasteiger partial charge is 0.191 e. The molecule has 20 heavy (non-hydrogen) atoms. The van der Waals surface area contributed by atoms with Crippen molar-refractivity contribution in [2.45, 2.75) is 46.6 Å². The highest BCUT2D eigenvalue weighted by molar-refractivity contribution is 5.79. The molecule has 6 heteroatoms. The Balaban J connectivity index is 1.91. The second kappa shape index (κ2) is 7.26. The first kappa shape index (κ1) is 14.8. The van der Waals surface area contributed by atoms with Crippen molar-refractivity contribution < 1.29 is 0 Å². The van der Waals surface area contributed by atoms with Crippen LogP contribution in [0, 0.1) is 12.8 Å². The predicted molar refractivity (Wildman–Crippen MR) is 80.8 cm³/mol. The lowest BCUT2D eigenvalue weighted by Crippen LogP contribution is -2.38. The molecule has 0 radical (unpaired) electrons. The molecule has 0 bridgehead atoms. The van der Waals surface area contributed by atoms with Gasteiger partial charge in [-0.1, -0.05) is 6.92 Å². The first-order valence-electron chi connectivity index (χ1n) is 7.65. The highest BCUT2D eigenvalue weighted by Gasteiger charge is 2.21. The number of nitrogens with zero attached hydrogens (tertiary/aromatic N) is 4. The Bertz CT molecular complexity index is 451. The number of hydrogen-bond acceptors (Lipinski definition) is 3. The lowest BCUT2D eigenvalue weighted by molar-refractivity contribution is 0.369. The van der Waals surface area contributed by atoms with E-state index in [9.17, 15) is 0 Å². The molecule has 0 amide bonds. The molecule has 1 aliphatic rings. The standard InChI is InChI=1S/C14H26N6/c1-4-8-16-14(15-5-2)17-9-12-6-7-13-19-18-11(3)20(13)10-12/h12H,4-10H2,1-3H3,(H2,15,16,17). The molecule has 0 aromatic carbocycles. The average Bonchev–Trinajstić information content (AvgIpc) is 2.83. The first-order chi connectivity index (χ1) is 9.74. The number of aromatic nitrogens is 3. The molecule has 0 fully saturated rings. The molecule has 112 valence electrons. The summed E-state index contributed by atoms with van der Waals surface area (Å²) in [6.07, 6.45) is 3.27. The van der Waals surface area contributed by atoms with Crippen molar-refractivity contribution in [1.82, 2.24) is 25.4 Å². The van der Waals surface area contributed by atoms with E-state index in [0.717, 1.165) is 63.0 Å². The number of hydrogen-bond donors (Lipinski definition) is 2. The zero-order chi connectivity index (χ0) is 14.4. The van der Waals surface area contributed by atoms with Crippen LogP contribution < -0.4 is 10.6 Å². The summed E-state index contributed by atoms with van der Waals surface area (Å²) in [6, 6.07) is 0. The van der Waals surface area contributed by atoms with E-state index in [1.807, 2.05) is 6.92 Å². The molecule has 1 aromatic heterocycles. The van der Waals surface area contributed by atoms with Gasteiger partial charge in [-0.25, -0.2) is 0 Å². The quantitative estimate of drug-likeness (QED) is 0.625. The SMILES string of the molecule is CCCNC(=NCC1CCc2nnc(C)n2C1)NCC. The molecule has 1 aromatic rings. The number of fused-ring (bicyclic) bond motifs is 1. The lowest BCUT2D eigenvalue weighted by Gasteiger charge is -2.23.